The SMILES string of the molecule is CCCCCCCCCCCCCOC(=O)c1cccc(C(=O)OCC(C)CC)n1. The Morgan fingerprint density at radius 3 is 1.83 bits per heavy atom. The third-order valence-corrected chi connectivity index (χ3v) is 5.34. The standard InChI is InChI=1S/C25H41NO4/c1-4-6-7-8-9-10-11-12-13-14-15-19-29-24(27)22-17-16-18-23(26-22)25(28)30-20-21(3)5-2/h16-18,21H,4-15,19-20H2,1-3H3. The van der Waals surface area contributed by atoms with E-state index in [9.17, 15) is 9.59 Å². The number of aromatic nitrogens is 1. The maximum Gasteiger partial charge on any atom is 0.356 e. The van der Waals surface area contributed by atoms with Gasteiger partial charge in [0.2, 0.25) is 0 Å². The van der Waals surface area contributed by atoms with Crippen molar-refractivity contribution in [2.75, 3.05) is 13.2 Å². The predicted octanol–water partition coefficient (Wildman–Crippen LogP) is 6.75. The van der Waals surface area contributed by atoms with Crippen LogP contribution in [-0.2, 0) is 9.47 Å². The maximum absolute atomic E-state index is 12.2. The number of nitrogens with zero attached hydrogens (tertiary/aromatic N) is 1. The van der Waals surface area contributed by atoms with Crippen molar-refractivity contribution in [2.45, 2.75) is 97.8 Å². The molecule has 0 radical (unpaired) electrons. The summed E-state index contributed by atoms with van der Waals surface area (Å²) in [6.45, 7) is 7.05. The molecule has 1 atom stereocenters. The molecule has 0 fully saturated rings. The molecule has 170 valence electrons. The van der Waals surface area contributed by atoms with Gasteiger partial charge in [0, 0.05) is 0 Å². The average molecular weight is 420 g/mol. The van der Waals surface area contributed by atoms with Crippen LogP contribution in [0.4, 0.5) is 0 Å². The van der Waals surface area contributed by atoms with Crippen LogP contribution in [0.2, 0.25) is 0 Å². The summed E-state index contributed by atoms with van der Waals surface area (Å²) in [7, 11) is 0. The number of hydrogen-bond acceptors (Lipinski definition) is 5. The highest BCUT2D eigenvalue weighted by atomic mass is 16.5. The average Bonchev–Trinajstić information content (AvgIpc) is 2.77. The fourth-order valence-corrected chi connectivity index (χ4v) is 3.08. The molecule has 0 aliphatic rings. The zero-order valence-electron chi connectivity index (χ0n) is 19.3. The summed E-state index contributed by atoms with van der Waals surface area (Å²) in [6.07, 6.45) is 14.7. The van der Waals surface area contributed by atoms with E-state index in [4.69, 9.17) is 9.47 Å². The van der Waals surface area contributed by atoms with Gasteiger partial charge in [-0.3, -0.25) is 0 Å². The maximum atomic E-state index is 12.2. The van der Waals surface area contributed by atoms with E-state index in [1.807, 2.05) is 13.8 Å². The molecule has 1 aromatic rings. The molecule has 0 aromatic carbocycles. The van der Waals surface area contributed by atoms with Crippen LogP contribution < -0.4 is 0 Å². The first-order chi connectivity index (χ1) is 14.6. The summed E-state index contributed by atoms with van der Waals surface area (Å²) in [5.41, 5.74) is 0.290. The van der Waals surface area contributed by atoms with Gasteiger partial charge in [0.05, 0.1) is 13.2 Å². The Balaban J connectivity index is 2.16. The molecule has 0 spiro atoms. The Labute approximate surface area is 183 Å². The quantitative estimate of drug-likeness (QED) is 0.206. The van der Waals surface area contributed by atoms with Crippen molar-refractivity contribution in [3.63, 3.8) is 0 Å². The Bertz CT molecular complexity index is 603. The molecular formula is C25H41NO4. The summed E-state index contributed by atoms with van der Waals surface area (Å²) in [5.74, 6) is -0.693. The molecular weight excluding hydrogens is 378 g/mol. The minimum absolute atomic E-state index is 0.141. The Morgan fingerprint density at radius 1 is 0.800 bits per heavy atom. The second-order valence-electron chi connectivity index (χ2n) is 8.19. The van der Waals surface area contributed by atoms with Crippen molar-refractivity contribution >= 4 is 11.9 Å². The molecule has 0 aliphatic carbocycles. The number of carbonyl (C=O) groups excluding carboxylic acids is 2. The van der Waals surface area contributed by atoms with E-state index in [-0.39, 0.29) is 11.4 Å². The first-order valence-corrected chi connectivity index (χ1v) is 11.9. The Kier molecular flexibility index (Phi) is 14.7. The van der Waals surface area contributed by atoms with Crippen molar-refractivity contribution in [3.8, 4) is 0 Å². The summed E-state index contributed by atoms with van der Waals surface area (Å²) in [4.78, 5) is 28.4. The second-order valence-corrected chi connectivity index (χ2v) is 8.19. The lowest BCUT2D eigenvalue weighted by Crippen LogP contribution is -2.15. The predicted molar refractivity (Wildman–Crippen MR) is 121 cm³/mol. The van der Waals surface area contributed by atoms with Gasteiger partial charge in [-0.05, 0) is 24.5 Å². The number of unbranched alkanes of at least 4 members (excludes halogenated alkanes) is 10. The van der Waals surface area contributed by atoms with Crippen LogP contribution in [0.15, 0.2) is 18.2 Å². The molecule has 5 nitrogen and oxygen atoms in total. The molecule has 1 aromatic heterocycles. The van der Waals surface area contributed by atoms with Crippen molar-refractivity contribution in [3.05, 3.63) is 29.6 Å². The van der Waals surface area contributed by atoms with Crippen LogP contribution in [0.3, 0.4) is 0 Å². The number of hydrogen-bond donors (Lipinski definition) is 0. The minimum Gasteiger partial charge on any atom is -0.461 e. The van der Waals surface area contributed by atoms with Crippen LogP contribution in [0, 0.1) is 5.92 Å². The highest BCUT2D eigenvalue weighted by molar-refractivity contribution is 5.91. The number of pyridine rings is 1. The second kappa shape index (κ2) is 16.8. The van der Waals surface area contributed by atoms with Gasteiger partial charge in [0.15, 0.2) is 0 Å². The van der Waals surface area contributed by atoms with Gasteiger partial charge in [-0.1, -0.05) is 97.5 Å². The molecule has 1 heterocycles. The number of rotatable bonds is 17. The number of ether oxygens (including phenoxy) is 2. The van der Waals surface area contributed by atoms with Gasteiger partial charge in [0.1, 0.15) is 11.4 Å². The van der Waals surface area contributed by atoms with E-state index in [0.717, 1.165) is 19.3 Å². The van der Waals surface area contributed by atoms with Crippen molar-refractivity contribution in [1.82, 2.24) is 4.98 Å². The molecule has 5 heteroatoms. The number of carbonyl (C=O) groups is 2. The van der Waals surface area contributed by atoms with E-state index in [0.29, 0.717) is 19.1 Å². The van der Waals surface area contributed by atoms with E-state index in [2.05, 4.69) is 11.9 Å². The highest BCUT2D eigenvalue weighted by Gasteiger charge is 2.15. The van der Waals surface area contributed by atoms with Gasteiger partial charge in [0.25, 0.3) is 0 Å². The summed E-state index contributed by atoms with van der Waals surface area (Å²) >= 11 is 0. The fraction of sp³-hybridized carbons (Fsp3) is 0.720. The van der Waals surface area contributed by atoms with Crippen LogP contribution in [0.1, 0.15) is 119 Å². The lowest BCUT2D eigenvalue weighted by Gasteiger charge is -2.09. The van der Waals surface area contributed by atoms with Gasteiger partial charge in [-0.25, -0.2) is 14.6 Å². The van der Waals surface area contributed by atoms with E-state index in [1.165, 1.54) is 57.8 Å². The first-order valence-electron chi connectivity index (χ1n) is 11.9. The van der Waals surface area contributed by atoms with Gasteiger partial charge in [-0.2, -0.15) is 0 Å². The Morgan fingerprint density at radius 2 is 1.30 bits per heavy atom. The van der Waals surface area contributed by atoms with Gasteiger partial charge in [-0.15, -0.1) is 0 Å². The molecule has 1 unspecified atom stereocenters. The van der Waals surface area contributed by atoms with Gasteiger partial charge >= 0.3 is 11.9 Å². The summed E-state index contributed by atoms with van der Waals surface area (Å²) in [5, 5.41) is 0. The lowest BCUT2D eigenvalue weighted by molar-refractivity contribution is 0.0438. The van der Waals surface area contributed by atoms with E-state index in [1.54, 1.807) is 18.2 Å². The molecule has 0 saturated heterocycles. The van der Waals surface area contributed by atoms with Crippen LogP contribution in [0.5, 0.6) is 0 Å². The van der Waals surface area contributed by atoms with E-state index >= 15 is 0 Å². The third-order valence-electron chi connectivity index (χ3n) is 5.34. The highest BCUT2D eigenvalue weighted by Crippen LogP contribution is 2.12. The van der Waals surface area contributed by atoms with Crippen LogP contribution in [0.25, 0.3) is 0 Å². The van der Waals surface area contributed by atoms with Gasteiger partial charge < -0.3 is 9.47 Å². The fourth-order valence-electron chi connectivity index (χ4n) is 3.08. The largest absolute Gasteiger partial charge is 0.461 e. The monoisotopic (exact) mass is 419 g/mol. The molecule has 0 amide bonds. The minimum atomic E-state index is -0.504. The zero-order valence-corrected chi connectivity index (χ0v) is 19.3. The summed E-state index contributed by atoms with van der Waals surface area (Å²) in [6, 6.07) is 4.75. The topological polar surface area (TPSA) is 65.5 Å². The third kappa shape index (κ3) is 11.9. The first kappa shape index (κ1) is 26.1. The van der Waals surface area contributed by atoms with Crippen molar-refractivity contribution in [2.24, 2.45) is 5.92 Å². The smallest absolute Gasteiger partial charge is 0.356 e. The van der Waals surface area contributed by atoms with E-state index < -0.39 is 11.9 Å². The van der Waals surface area contributed by atoms with Crippen LogP contribution >= 0.6 is 0 Å². The normalized spacial score (nSPS) is 11.8. The molecule has 0 saturated carbocycles. The molecule has 0 aliphatic heterocycles. The van der Waals surface area contributed by atoms with Crippen molar-refractivity contribution < 1.29 is 19.1 Å². The molecule has 1 rings (SSSR count). The summed E-state index contributed by atoms with van der Waals surface area (Å²) < 4.78 is 10.5. The molecule has 30 heavy (non-hydrogen) atoms. The van der Waals surface area contributed by atoms with Crippen molar-refractivity contribution in [1.29, 1.82) is 0 Å². The molecule has 0 N–H and O–H groups in total. The number of esters is 2. The van der Waals surface area contributed by atoms with Crippen LogP contribution in [-0.4, -0.2) is 30.1 Å². The zero-order chi connectivity index (χ0) is 22.0. The molecule has 0 bridgehead atoms. The lowest BCUT2D eigenvalue weighted by atomic mass is 10.1. The Hall–Kier alpha value is -1.91.